The first kappa shape index (κ1) is 15.7. The van der Waals surface area contributed by atoms with Gasteiger partial charge in [-0.2, -0.15) is 0 Å². The molecule has 2 aromatic rings. The van der Waals surface area contributed by atoms with Gasteiger partial charge in [0.1, 0.15) is 0 Å². The van der Waals surface area contributed by atoms with E-state index in [1.165, 1.54) is 24.4 Å². The highest BCUT2D eigenvalue weighted by molar-refractivity contribution is 6.31. The quantitative estimate of drug-likeness (QED) is 0.840. The van der Waals surface area contributed by atoms with Crippen LogP contribution in [0, 0.1) is 6.92 Å². The molecular weight excluding hydrogens is 306 g/mol. The smallest absolute Gasteiger partial charge is 0.337 e. The summed E-state index contributed by atoms with van der Waals surface area (Å²) in [6.45, 7) is 1.79. The Morgan fingerprint density at radius 3 is 2.41 bits per heavy atom. The van der Waals surface area contributed by atoms with Crippen LogP contribution in [-0.2, 0) is 0 Å². The Balaban J connectivity index is 2.52. The molecule has 0 aliphatic heterocycles. The van der Waals surface area contributed by atoms with Gasteiger partial charge in [-0.05, 0) is 30.7 Å². The van der Waals surface area contributed by atoms with Crippen LogP contribution in [0.5, 0.6) is 0 Å². The van der Waals surface area contributed by atoms with Gasteiger partial charge in [0.25, 0.3) is 0 Å². The van der Waals surface area contributed by atoms with Crippen molar-refractivity contribution in [2.24, 2.45) is 4.99 Å². The second-order valence-electron chi connectivity index (χ2n) is 4.52. The first-order valence-electron chi connectivity index (χ1n) is 6.30. The summed E-state index contributed by atoms with van der Waals surface area (Å²) in [5, 5.41) is 18.9. The van der Waals surface area contributed by atoms with Gasteiger partial charge < -0.3 is 10.2 Å². The van der Waals surface area contributed by atoms with E-state index < -0.39 is 11.9 Å². The molecule has 0 aromatic heterocycles. The van der Waals surface area contributed by atoms with Gasteiger partial charge in [0, 0.05) is 16.8 Å². The van der Waals surface area contributed by atoms with Gasteiger partial charge in [-0.1, -0.05) is 29.8 Å². The fourth-order valence-electron chi connectivity index (χ4n) is 1.97. The summed E-state index contributed by atoms with van der Waals surface area (Å²) < 4.78 is 0. The van der Waals surface area contributed by atoms with E-state index in [2.05, 4.69) is 4.99 Å². The fraction of sp³-hybridized carbons (Fsp3) is 0.0625. The molecule has 0 radical (unpaired) electrons. The fourth-order valence-corrected chi connectivity index (χ4v) is 2.14. The highest BCUT2D eigenvalue weighted by Gasteiger charge is 2.18. The average molecular weight is 318 g/mol. The Bertz CT molecular complexity index is 784. The van der Waals surface area contributed by atoms with Crippen LogP contribution in [0.3, 0.4) is 0 Å². The summed E-state index contributed by atoms with van der Waals surface area (Å²) >= 11 is 6.00. The summed E-state index contributed by atoms with van der Waals surface area (Å²) in [6.07, 6.45) is 1.33. The zero-order chi connectivity index (χ0) is 16.3. The second kappa shape index (κ2) is 6.41. The number of carboxylic acid groups (broad SMARTS) is 2. The summed E-state index contributed by atoms with van der Waals surface area (Å²) in [4.78, 5) is 26.7. The van der Waals surface area contributed by atoms with Crippen molar-refractivity contribution < 1.29 is 19.8 Å². The van der Waals surface area contributed by atoms with E-state index in [1.54, 1.807) is 25.1 Å². The van der Waals surface area contributed by atoms with E-state index in [4.69, 9.17) is 16.7 Å². The van der Waals surface area contributed by atoms with Crippen molar-refractivity contribution in [3.8, 4) is 0 Å². The minimum Gasteiger partial charge on any atom is -0.478 e. The van der Waals surface area contributed by atoms with Crippen LogP contribution in [-0.4, -0.2) is 28.4 Å². The molecule has 112 valence electrons. The highest BCUT2D eigenvalue weighted by atomic mass is 35.5. The van der Waals surface area contributed by atoms with Crippen molar-refractivity contribution in [1.82, 2.24) is 0 Å². The molecule has 0 bridgehead atoms. The summed E-state index contributed by atoms with van der Waals surface area (Å²) in [5.41, 5.74) is 0.987. The Morgan fingerprint density at radius 2 is 1.77 bits per heavy atom. The average Bonchev–Trinajstić information content (AvgIpc) is 2.48. The van der Waals surface area contributed by atoms with Crippen molar-refractivity contribution in [1.29, 1.82) is 0 Å². The third-order valence-corrected chi connectivity index (χ3v) is 3.53. The standard InChI is InChI=1S/C16H12ClNO4/c1-9-12(17)6-3-7-13(9)18-8-10-4-2-5-11(15(19)20)14(10)16(21)22/h2-8H,1H3,(H,19,20)(H,21,22). The molecule has 0 fully saturated rings. The van der Waals surface area contributed by atoms with Gasteiger partial charge in [-0.3, -0.25) is 4.99 Å². The van der Waals surface area contributed by atoms with Crippen LogP contribution < -0.4 is 0 Å². The summed E-state index contributed by atoms with van der Waals surface area (Å²) in [7, 11) is 0. The minimum atomic E-state index is -1.32. The van der Waals surface area contributed by atoms with Crippen molar-refractivity contribution in [2.45, 2.75) is 6.92 Å². The maximum Gasteiger partial charge on any atom is 0.337 e. The molecule has 0 saturated carbocycles. The SMILES string of the molecule is Cc1c(Cl)cccc1N=Cc1cccc(C(=O)O)c1C(=O)O. The van der Waals surface area contributed by atoms with E-state index in [1.807, 2.05) is 0 Å². The van der Waals surface area contributed by atoms with E-state index in [0.717, 1.165) is 5.56 Å². The Kier molecular flexibility index (Phi) is 4.58. The van der Waals surface area contributed by atoms with Crippen LogP contribution in [0.1, 0.15) is 31.8 Å². The number of carbonyl (C=O) groups is 2. The van der Waals surface area contributed by atoms with Crippen molar-refractivity contribution >= 4 is 35.4 Å². The largest absolute Gasteiger partial charge is 0.478 e. The van der Waals surface area contributed by atoms with Crippen molar-refractivity contribution in [2.75, 3.05) is 0 Å². The lowest BCUT2D eigenvalue weighted by Gasteiger charge is -2.06. The number of hydrogen-bond acceptors (Lipinski definition) is 3. The third-order valence-electron chi connectivity index (χ3n) is 3.12. The highest BCUT2D eigenvalue weighted by Crippen LogP contribution is 2.25. The van der Waals surface area contributed by atoms with E-state index in [0.29, 0.717) is 10.7 Å². The van der Waals surface area contributed by atoms with Crippen LogP contribution >= 0.6 is 11.6 Å². The number of hydrogen-bond donors (Lipinski definition) is 2. The molecule has 0 spiro atoms. The normalized spacial score (nSPS) is 10.8. The van der Waals surface area contributed by atoms with Gasteiger partial charge >= 0.3 is 11.9 Å². The van der Waals surface area contributed by atoms with E-state index in [9.17, 15) is 14.7 Å². The maximum atomic E-state index is 11.3. The molecule has 0 unspecified atom stereocenters. The maximum absolute atomic E-state index is 11.3. The minimum absolute atomic E-state index is 0.215. The number of aliphatic imine (C=N–C) groups is 1. The van der Waals surface area contributed by atoms with E-state index in [-0.39, 0.29) is 16.7 Å². The number of carboxylic acids is 2. The molecule has 0 amide bonds. The molecule has 0 heterocycles. The third kappa shape index (κ3) is 3.15. The lowest BCUT2D eigenvalue weighted by atomic mass is 10.0. The van der Waals surface area contributed by atoms with Crippen LogP contribution in [0.25, 0.3) is 0 Å². The lowest BCUT2D eigenvalue weighted by Crippen LogP contribution is -2.11. The van der Waals surface area contributed by atoms with Gasteiger partial charge in [0.05, 0.1) is 16.8 Å². The lowest BCUT2D eigenvalue weighted by molar-refractivity contribution is 0.0651. The number of aromatic carboxylic acids is 2. The van der Waals surface area contributed by atoms with Gasteiger partial charge in [0.15, 0.2) is 0 Å². The molecule has 5 nitrogen and oxygen atoms in total. The molecule has 2 aromatic carbocycles. The molecule has 0 atom stereocenters. The predicted octanol–water partition coefficient (Wildman–Crippen LogP) is 3.80. The molecular formula is C16H12ClNO4. The first-order chi connectivity index (χ1) is 10.4. The molecule has 0 aliphatic rings. The van der Waals surface area contributed by atoms with Crippen molar-refractivity contribution in [3.05, 3.63) is 63.7 Å². The molecule has 2 N–H and O–H groups in total. The predicted molar refractivity (Wildman–Crippen MR) is 83.8 cm³/mol. The Hall–Kier alpha value is -2.66. The number of halogens is 1. The number of nitrogens with zero attached hydrogens (tertiary/aromatic N) is 1. The number of rotatable bonds is 4. The molecule has 0 saturated heterocycles. The summed E-state index contributed by atoms with van der Waals surface area (Å²) in [6, 6.07) is 9.41. The first-order valence-corrected chi connectivity index (χ1v) is 6.68. The van der Waals surface area contributed by atoms with Crippen LogP contribution in [0.4, 0.5) is 5.69 Å². The summed E-state index contributed by atoms with van der Waals surface area (Å²) in [5.74, 6) is -2.62. The Morgan fingerprint density at radius 1 is 1.09 bits per heavy atom. The molecule has 22 heavy (non-hydrogen) atoms. The molecule has 2 rings (SSSR count). The molecule has 0 aliphatic carbocycles. The monoisotopic (exact) mass is 317 g/mol. The second-order valence-corrected chi connectivity index (χ2v) is 4.93. The molecule has 6 heteroatoms. The number of benzene rings is 2. The topological polar surface area (TPSA) is 87.0 Å². The van der Waals surface area contributed by atoms with Gasteiger partial charge in [-0.15, -0.1) is 0 Å². The Labute approximate surface area is 131 Å². The van der Waals surface area contributed by atoms with E-state index >= 15 is 0 Å². The van der Waals surface area contributed by atoms with Crippen LogP contribution in [0.2, 0.25) is 5.02 Å². The zero-order valence-corrected chi connectivity index (χ0v) is 12.3. The zero-order valence-electron chi connectivity index (χ0n) is 11.6. The van der Waals surface area contributed by atoms with Gasteiger partial charge in [-0.25, -0.2) is 9.59 Å². The van der Waals surface area contributed by atoms with Gasteiger partial charge in [0.2, 0.25) is 0 Å². The van der Waals surface area contributed by atoms with Crippen molar-refractivity contribution in [3.63, 3.8) is 0 Å². The van der Waals surface area contributed by atoms with Crippen LogP contribution in [0.15, 0.2) is 41.4 Å².